The molecule has 23 heavy (non-hydrogen) atoms. The molecule has 120 valence electrons. The molecule has 3 rings (SSSR count). The molecule has 0 radical (unpaired) electrons. The minimum absolute atomic E-state index is 0.510. The highest BCUT2D eigenvalue weighted by Gasteiger charge is 2.15. The normalized spacial score (nSPS) is 11.3. The number of hydrogen-bond donors (Lipinski definition) is 1. The summed E-state index contributed by atoms with van der Waals surface area (Å²) in [7, 11) is 0. The van der Waals surface area contributed by atoms with Crippen molar-refractivity contribution in [2.24, 2.45) is 0 Å². The zero-order chi connectivity index (χ0) is 16.4. The summed E-state index contributed by atoms with van der Waals surface area (Å²) in [4.78, 5) is 0. The molecule has 0 amide bonds. The van der Waals surface area contributed by atoms with Gasteiger partial charge in [-0.1, -0.05) is 13.0 Å². The van der Waals surface area contributed by atoms with Gasteiger partial charge in [-0.15, -0.1) is 0 Å². The molecule has 1 aromatic carbocycles. The molecule has 1 N–H and O–H groups in total. The summed E-state index contributed by atoms with van der Waals surface area (Å²) in [5.74, 6) is -0.901. The van der Waals surface area contributed by atoms with E-state index in [9.17, 15) is 13.2 Å². The Morgan fingerprint density at radius 3 is 2.78 bits per heavy atom. The second-order valence-corrected chi connectivity index (χ2v) is 5.19. The summed E-state index contributed by atoms with van der Waals surface area (Å²) < 4.78 is 40.7. The SMILES string of the molecule is CCc1[nH]ncc1Cn1cc(-c2ccc(F)c(C(F)F)c2)cn1. The Balaban J connectivity index is 1.86. The predicted octanol–water partition coefficient (Wildman–Crippen LogP) is 3.96. The third-order valence-electron chi connectivity index (χ3n) is 3.69. The molecule has 0 fully saturated rings. The van der Waals surface area contributed by atoms with E-state index in [1.807, 2.05) is 6.92 Å². The Bertz CT molecular complexity index is 807. The first-order chi connectivity index (χ1) is 11.1. The van der Waals surface area contributed by atoms with Crippen molar-refractivity contribution in [3.8, 4) is 11.1 Å². The number of H-pyrrole nitrogens is 1. The van der Waals surface area contributed by atoms with Crippen LogP contribution in [0.2, 0.25) is 0 Å². The lowest BCUT2D eigenvalue weighted by atomic mass is 10.1. The highest BCUT2D eigenvalue weighted by Crippen LogP contribution is 2.28. The number of aromatic nitrogens is 4. The van der Waals surface area contributed by atoms with Gasteiger partial charge in [0.25, 0.3) is 6.43 Å². The maximum absolute atomic E-state index is 13.4. The van der Waals surface area contributed by atoms with Gasteiger partial charge < -0.3 is 0 Å². The summed E-state index contributed by atoms with van der Waals surface area (Å²) >= 11 is 0. The van der Waals surface area contributed by atoms with Crippen LogP contribution in [0.15, 0.2) is 36.8 Å². The monoisotopic (exact) mass is 320 g/mol. The highest BCUT2D eigenvalue weighted by atomic mass is 19.3. The van der Waals surface area contributed by atoms with Crippen molar-refractivity contribution in [1.82, 2.24) is 20.0 Å². The molecule has 0 aliphatic heterocycles. The summed E-state index contributed by atoms with van der Waals surface area (Å²) in [6.07, 6.45) is 3.05. The van der Waals surface area contributed by atoms with Crippen LogP contribution >= 0.6 is 0 Å². The molecule has 0 spiro atoms. The molecule has 4 nitrogen and oxygen atoms in total. The Kier molecular flexibility index (Phi) is 4.18. The third-order valence-corrected chi connectivity index (χ3v) is 3.69. The van der Waals surface area contributed by atoms with Crippen LogP contribution in [0.3, 0.4) is 0 Å². The number of aromatic amines is 1. The fourth-order valence-electron chi connectivity index (χ4n) is 2.44. The fourth-order valence-corrected chi connectivity index (χ4v) is 2.44. The van der Waals surface area contributed by atoms with Crippen molar-refractivity contribution in [2.75, 3.05) is 0 Å². The van der Waals surface area contributed by atoms with Gasteiger partial charge in [0.05, 0.1) is 24.5 Å². The number of alkyl halides is 2. The molecule has 3 aromatic rings. The Morgan fingerprint density at radius 2 is 2.04 bits per heavy atom. The van der Waals surface area contributed by atoms with Crippen LogP contribution in [0.25, 0.3) is 11.1 Å². The third kappa shape index (κ3) is 3.13. The smallest absolute Gasteiger partial charge is 0.266 e. The van der Waals surface area contributed by atoms with Gasteiger partial charge in [-0.25, -0.2) is 13.2 Å². The quantitative estimate of drug-likeness (QED) is 0.773. The molecular weight excluding hydrogens is 305 g/mol. The number of halogens is 3. The predicted molar refractivity (Wildman–Crippen MR) is 79.6 cm³/mol. The molecule has 2 heterocycles. The Morgan fingerprint density at radius 1 is 1.22 bits per heavy atom. The molecule has 0 bridgehead atoms. The number of rotatable bonds is 5. The molecule has 0 aliphatic carbocycles. The first kappa shape index (κ1) is 15.3. The Hall–Kier alpha value is -2.57. The summed E-state index contributed by atoms with van der Waals surface area (Å²) in [6, 6.07) is 3.69. The molecule has 2 aromatic heterocycles. The van der Waals surface area contributed by atoms with Crippen molar-refractivity contribution >= 4 is 0 Å². The lowest BCUT2D eigenvalue weighted by Gasteiger charge is -2.04. The van der Waals surface area contributed by atoms with Gasteiger partial charge in [0.1, 0.15) is 5.82 Å². The molecule has 0 atom stereocenters. The maximum Gasteiger partial charge on any atom is 0.266 e. The van der Waals surface area contributed by atoms with Crippen molar-refractivity contribution < 1.29 is 13.2 Å². The van der Waals surface area contributed by atoms with Crippen LogP contribution in [0.4, 0.5) is 13.2 Å². The average molecular weight is 320 g/mol. The number of nitrogens with one attached hydrogen (secondary N) is 1. The van der Waals surface area contributed by atoms with Crippen molar-refractivity contribution in [1.29, 1.82) is 0 Å². The lowest BCUT2D eigenvalue weighted by molar-refractivity contribution is 0.146. The van der Waals surface area contributed by atoms with Gasteiger partial charge in [-0.05, 0) is 24.1 Å². The van der Waals surface area contributed by atoms with Crippen molar-refractivity contribution in [3.05, 3.63) is 59.4 Å². The van der Waals surface area contributed by atoms with Gasteiger partial charge in [-0.2, -0.15) is 10.2 Å². The van der Waals surface area contributed by atoms with Gasteiger partial charge in [0.2, 0.25) is 0 Å². The summed E-state index contributed by atoms with van der Waals surface area (Å²) in [5, 5.41) is 11.2. The van der Waals surface area contributed by atoms with Crippen LogP contribution < -0.4 is 0 Å². The van der Waals surface area contributed by atoms with Crippen LogP contribution in [0, 0.1) is 5.82 Å². The molecule has 0 unspecified atom stereocenters. The topological polar surface area (TPSA) is 46.5 Å². The molecule has 0 saturated carbocycles. The van der Waals surface area contributed by atoms with Gasteiger partial charge in [-0.3, -0.25) is 9.78 Å². The van der Waals surface area contributed by atoms with E-state index in [0.717, 1.165) is 29.8 Å². The van der Waals surface area contributed by atoms with Crippen molar-refractivity contribution in [3.63, 3.8) is 0 Å². The second kappa shape index (κ2) is 6.28. The second-order valence-electron chi connectivity index (χ2n) is 5.19. The fraction of sp³-hybridized carbons (Fsp3) is 0.250. The largest absolute Gasteiger partial charge is 0.282 e. The van der Waals surface area contributed by atoms with E-state index in [2.05, 4.69) is 15.3 Å². The number of hydrogen-bond acceptors (Lipinski definition) is 2. The zero-order valence-electron chi connectivity index (χ0n) is 12.4. The van der Waals surface area contributed by atoms with E-state index >= 15 is 0 Å². The standard InChI is InChI=1S/C16H15F3N4/c1-2-15-12(6-20-22-15)9-23-8-11(7-21-23)10-3-4-14(17)13(5-10)16(18)19/h3-8,16H,2,9H2,1H3,(H,20,22). The maximum atomic E-state index is 13.4. The molecule has 0 saturated heterocycles. The van der Waals surface area contributed by atoms with Crippen LogP contribution in [0.5, 0.6) is 0 Å². The van der Waals surface area contributed by atoms with Crippen molar-refractivity contribution in [2.45, 2.75) is 26.3 Å². The lowest BCUT2D eigenvalue weighted by Crippen LogP contribution is -2.01. The summed E-state index contributed by atoms with van der Waals surface area (Å²) in [5.41, 5.74) is 2.63. The average Bonchev–Trinajstić information content (AvgIpc) is 3.17. The number of aryl methyl sites for hydroxylation is 1. The van der Waals surface area contributed by atoms with Crippen LogP contribution in [0.1, 0.15) is 30.2 Å². The number of benzene rings is 1. The highest BCUT2D eigenvalue weighted by molar-refractivity contribution is 5.62. The Labute approximate surface area is 131 Å². The van der Waals surface area contributed by atoms with Crippen LogP contribution in [-0.2, 0) is 13.0 Å². The van der Waals surface area contributed by atoms with Gasteiger partial charge >= 0.3 is 0 Å². The number of nitrogens with zero attached hydrogens (tertiary/aromatic N) is 3. The van der Waals surface area contributed by atoms with E-state index < -0.39 is 17.8 Å². The summed E-state index contributed by atoms with van der Waals surface area (Å²) in [6.45, 7) is 2.55. The van der Waals surface area contributed by atoms with Crippen LogP contribution in [-0.4, -0.2) is 20.0 Å². The minimum Gasteiger partial charge on any atom is -0.282 e. The molecule has 7 heteroatoms. The van der Waals surface area contributed by atoms with E-state index in [1.54, 1.807) is 23.3 Å². The van der Waals surface area contributed by atoms with E-state index in [-0.39, 0.29) is 0 Å². The van der Waals surface area contributed by atoms with Gasteiger partial charge in [0, 0.05) is 23.0 Å². The molecule has 0 aliphatic rings. The van der Waals surface area contributed by atoms with E-state index in [1.165, 1.54) is 6.07 Å². The first-order valence-electron chi connectivity index (χ1n) is 7.20. The zero-order valence-corrected chi connectivity index (χ0v) is 12.4. The minimum atomic E-state index is -2.84. The van der Waals surface area contributed by atoms with Gasteiger partial charge in [0.15, 0.2) is 0 Å². The first-order valence-corrected chi connectivity index (χ1v) is 7.20. The van der Waals surface area contributed by atoms with E-state index in [4.69, 9.17) is 0 Å². The van der Waals surface area contributed by atoms with E-state index in [0.29, 0.717) is 17.7 Å². The molecular formula is C16H15F3N4.